The molecule has 298 valence electrons. The molecule has 12 heteroatoms. The second kappa shape index (κ2) is 16.7. The smallest absolute Gasteiger partial charge is 0.324 e. The Morgan fingerprint density at radius 2 is 1.55 bits per heavy atom. The highest BCUT2D eigenvalue weighted by Crippen LogP contribution is 2.65. The van der Waals surface area contributed by atoms with E-state index < -0.39 is 53.5 Å². The average Bonchev–Trinajstić information content (AvgIpc) is 3.70. The normalized spacial score (nSPS) is 25.3. The molecular formula is C46H47N5O7. The van der Waals surface area contributed by atoms with Gasteiger partial charge in [-0.15, -0.1) is 0 Å². The number of anilines is 1. The van der Waals surface area contributed by atoms with Crippen molar-refractivity contribution >= 4 is 29.5 Å². The predicted molar refractivity (Wildman–Crippen MR) is 216 cm³/mol. The minimum Gasteiger partial charge on any atom is -0.491 e. The van der Waals surface area contributed by atoms with Crippen molar-refractivity contribution in [2.24, 2.45) is 11.7 Å². The van der Waals surface area contributed by atoms with Gasteiger partial charge >= 0.3 is 12.0 Å². The van der Waals surface area contributed by atoms with E-state index in [1.54, 1.807) is 18.2 Å². The van der Waals surface area contributed by atoms with Gasteiger partial charge in [0.15, 0.2) is 0 Å². The molecule has 4 aliphatic rings. The molecular weight excluding hydrogens is 735 g/mol. The van der Waals surface area contributed by atoms with E-state index in [1.165, 1.54) is 0 Å². The summed E-state index contributed by atoms with van der Waals surface area (Å²) in [6.07, 6.45) is 3.86. The van der Waals surface area contributed by atoms with Gasteiger partial charge in [0.2, 0.25) is 11.8 Å². The number of carbonyl (C=O) groups excluding carboxylic acids is 4. The maximum Gasteiger partial charge on any atom is 0.324 e. The average molecular weight is 782 g/mol. The lowest BCUT2D eigenvalue weighted by Gasteiger charge is -2.46. The number of benzene rings is 4. The number of amides is 4. The molecule has 3 saturated heterocycles. The highest BCUT2D eigenvalue weighted by Gasteiger charge is 2.74. The zero-order valence-electron chi connectivity index (χ0n) is 32.1. The quantitative estimate of drug-likeness (QED) is 0.141. The zero-order valence-corrected chi connectivity index (χ0v) is 32.1. The molecule has 0 aromatic heterocycles. The van der Waals surface area contributed by atoms with Gasteiger partial charge in [-0.05, 0) is 65.4 Å². The molecule has 6 atom stereocenters. The Morgan fingerprint density at radius 1 is 0.862 bits per heavy atom. The van der Waals surface area contributed by atoms with Crippen LogP contribution in [0.5, 0.6) is 5.75 Å². The Labute approximate surface area is 337 Å². The molecule has 4 heterocycles. The maximum absolute atomic E-state index is 15.7. The molecule has 0 radical (unpaired) electrons. The van der Waals surface area contributed by atoms with E-state index in [4.69, 9.17) is 15.2 Å². The Balaban J connectivity index is 1.42. The van der Waals surface area contributed by atoms with Gasteiger partial charge in [0.1, 0.15) is 29.9 Å². The number of fused-ring (bicyclic) bond motifs is 3. The number of primary amides is 1. The maximum atomic E-state index is 15.7. The van der Waals surface area contributed by atoms with Crippen LogP contribution in [0, 0.1) is 17.8 Å². The largest absolute Gasteiger partial charge is 0.491 e. The standard InChI is InChI=1S/C46H47N5O7/c47-45(56)48-23-13-14-30-21-22-36-35(28-30)46(44(55)49-36)37(42(53)50-24-10-2-1-3-11-25-50)39-43(54)58-40(32-17-8-5-9-18-32)38(31-15-6-4-7-16-31)51(39)41(46)33-19-12-20-34(29-33)57-27-26-52/h4-9,12,15-22,28-29,37-41,52H,1-3,10-11,23-27H2,(H,49,55)(H3,47,48,56). The fraction of sp³-hybridized carbons (Fsp3) is 0.348. The summed E-state index contributed by atoms with van der Waals surface area (Å²) in [7, 11) is 0. The molecule has 4 aromatic carbocycles. The number of esters is 1. The summed E-state index contributed by atoms with van der Waals surface area (Å²) in [5, 5.41) is 15.3. The molecule has 0 saturated carbocycles. The minimum absolute atomic E-state index is 0.00932. The number of morpholine rings is 1. The molecule has 0 bridgehead atoms. The second-order valence-corrected chi connectivity index (χ2v) is 15.2. The van der Waals surface area contributed by atoms with Crippen LogP contribution in [0.4, 0.5) is 10.5 Å². The Hall–Kier alpha value is -6.16. The summed E-state index contributed by atoms with van der Waals surface area (Å²) in [5.74, 6) is 4.00. The van der Waals surface area contributed by atoms with E-state index in [9.17, 15) is 9.90 Å². The molecule has 58 heavy (non-hydrogen) atoms. The molecule has 4 aliphatic heterocycles. The first kappa shape index (κ1) is 38.7. The van der Waals surface area contributed by atoms with Crippen molar-refractivity contribution in [3.8, 4) is 17.6 Å². The lowest BCUT2D eigenvalue weighted by molar-refractivity contribution is -0.179. The van der Waals surface area contributed by atoms with Crippen LogP contribution >= 0.6 is 0 Å². The van der Waals surface area contributed by atoms with E-state index in [0.717, 1.165) is 43.2 Å². The van der Waals surface area contributed by atoms with Crippen LogP contribution in [-0.2, 0) is 24.5 Å². The molecule has 6 unspecified atom stereocenters. The first-order valence-corrected chi connectivity index (χ1v) is 20.0. The fourth-order valence-corrected chi connectivity index (χ4v) is 9.53. The Bertz CT molecular complexity index is 2230. The second-order valence-electron chi connectivity index (χ2n) is 15.2. The third kappa shape index (κ3) is 7.05. The number of aliphatic hydroxyl groups excluding tert-OH is 1. The first-order chi connectivity index (χ1) is 28.3. The number of aliphatic hydroxyl groups is 1. The van der Waals surface area contributed by atoms with Gasteiger partial charge in [0.25, 0.3) is 0 Å². The number of nitrogens with one attached hydrogen (secondary N) is 2. The van der Waals surface area contributed by atoms with Crippen LogP contribution in [0.25, 0.3) is 0 Å². The highest BCUT2D eigenvalue weighted by molar-refractivity contribution is 6.12. The molecule has 5 N–H and O–H groups in total. The SMILES string of the molecule is NC(=O)NCC#Cc1ccc2c(c1)C1(C(=O)N2)C(C(=O)N2CCCCCCC2)C2C(=O)OC(c3ccccc3)C(c3ccccc3)N2C1c1cccc(OCCO)c1. The number of ether oxygens (including phenoxy) is 2. The molecule has 12 nitrogen and oxygen atoms in total. The summed E-state index contributed by atoms with van der Waals surface area (Å²) in [6.45, 7) is 0.864. The summed E-state index contributed by atoms with van der Waals surface area (Å²) in [4.78, 5) is 61.6. The molecule has 1 spiro atoms. The van der Waals surface area contributed by atoms with Gasteiger partial charge in [-0.2, -0.15) is 0 Å². The number of nitrogens with two attached hydrogens (primary N) is 1. The third-order valence-corrected chi connectivity index (χ3v) is 11.9. The Morgan fingerprint density at radius 3 is 2.26 bits per heavy atom. The van der Waals surface area contributed by atoms with Crippen molar-refractivity contribution in [3.05, 3.63) is 131 Å². The van der Waals surface area contributed by atoms with E-state index in [1.807, 2.05) is 89.8 Å². The van der Waals surface area contributed by atoms with E-state index >= 15 is 14.4 Å². The van der Waals surface area contributed by atoms with Gasteiger partial charge < -0.3 is 35.8 Å². The summed E-state index contributed by atoms with van der Waals surface area (Å²) >= 11 is 0. The monoisotopic (exact) mass is 781 g/mol. The zero-order chi connectivity index (χ0) is 40.2. The number of carbonyl (C=O) groups is 4. The predicted octanol–water partition coefficient (Wildman–Crippen LogP) is 5.14. The number of nitrogens with zero attached hydrogens (tertiary/aromatic N) is 2. The third-order valence-electron chi connectivity index (χ3n) is 11.9. The molecule has 4 aromatic rings. The number of urea groups is 1. The molecule has 4 amide bonds. The van der Waals surface area contributed by atoms with Crippen molar-refractivity contribution in [1.29, 1.82) is 0 Å². The van der Waals surface area contributed by atoms with E-state index in [-0.39, 0.29) is 25.7 Å². The van der Waals surface area contributed by atoms with Gasteiger partial charge in [0, 0.05) is 24.3 Å². The van der Waals surface area contributed by atoms with Crippen molar-refractivity contribution in [3.63, 3.8) is 0 Å². The van der Waals surface area contributed by atoms with E-state index in [2.05, 4.69) is 27.4 Å². The van der Waals surface area contributed by atoms with Crippen molar-refractivity contribution < 1.29 is 33.8 Å². The van der Waals surface area contributed by atoms with Gasteiger partial charge in [-0.3, -0.25) is 19.3 Å². The van der Waals surface area contributed by atoms with Crippen molar-refractivity contribution in [2.75, 3.05) is 38.2 Å². The minimum atomic E-state index is -1.67. The summed E-state index contributed by atoms with van der Waals surface area (Å²) in [6, 6.07) is 28.6. The van der Waals surface area contributed by atoms with Crippen LogP contribution in [-0.4, -0.2) is 77.6 Å². The highest BCUT2D eigenvalue weighted by atomic mass is 16.6. The molecule has 0 aliphatic carbocycles. The number of rotatable bonds is 8. The number of hydrogen-bond donors (Lipinski definition) is 4. The van der Waals surface area contributed by atoms with Crippen LogP contribution in [0.1, 0.15) is 78.1 Å². The van der Waals surface area contributed by atoms with Crippen LogP contribution in [0.3, 0.4) is 0 Å². The van der Waals surface area contributed by atoms with Crippen LogP contribution in [0.15, 0.2) is 103 Å². The summed E-state index contributed by atoms with van der Waals surface area (Å²) < 4.78 is 12.5. The van der Waals surface area contributed by atoms with Crippen molar-refractivity contribution in [2.45, 2.75) is 61.7 Å². The summed E-state index contributed by atoms with van der Waals surface area (Å²) in [5.41, 5.74) is 7.47. The topological polar surface area (TPSA) is 164 Å². The number of hydrogen-bond acceptors (Lipinski definition) is 8. The van der Waals surface area contributed by atoms with E-state index in [0.29, 0.717) is 41.2 Å². The lowest BCUT2D eigenvalue weighted by atomic mass is 9.65. The van der Waals surface area contributed by atoms with Gasteiger partial charge in [-0.1, -0.05) is 104 Å². The number of cyclic esters (lactones) is 1. The fourth-order valence-electron chi connectivity index (χ4n) is 9.53. The van der Waals surface area contributed by atoms with Crippen molar-refractivity contribution in [1.82, 2.24) is 15.1 Å². The molecule has 8 rings (SSSR count). The molecule has 3 fully saturated rings. The number of likely N-dealkylation sites (tertiary alicyclic amines) is 1. The van der Waals surface area contributed by atoms with Gasteiger partial charge in [0.05, 0.1) is 31.2 Å². The van der Waals surface area contributed by atoms with Gasteiger partial charge in [-0.25, -0.2) is 4.79 Å². The van der Waals surface area contributed by atoms with Crippen LogP contribution < -0.4 is 21.1 Å². The Kier molecular flexibility index (Phi) is 11.2. The lowest BCUT2D eigenvalue weighted by Crippen LogP contribution is -2.55. The first-order valence-electron chi connectivity index (χ1n) is 20.0. The van der Waals surface area contributed by atoms with Crippen LogP contribution in [0.2, 0.25) is 0 Å².